The van der Waals surface area contributed by atoms with E-state index in [2.05, 4.69) is 5.32 Å². The van der Waals surface area contributed by atoms with Crippen LogP contribution < -0.4 is 5.32 Å². The molecule has 0 aliphatic carbocycles. The Morgan fingerprint density at radius 3 is 1.60 bits per heavy atom. The van der Waals surface area contributed by atoms with Crippen molar-refractivity contribution in [3.8, 4) is 0 Å². The first-order chi connectivity index (χ1) is 4.27. The molecule has 64 valence electrons. The Kier molecular flexibility index (Phi) is 7.00. The zero-order valence-corrected chi connectivity index (χ0v) is 7.01. The molecule has 10 heavy (non-hydrogen) atoms. The van der Waals surface area contributed by atoms with E-state index in [-0.39, 0.29) is 6.23 Å². The second-order valence-corrected chi connectivity index (χ2v) is 3.16. The SMILES string of the molecule is CNC(C)O.CS(=O)(=O)O. The first-order valence-electron chi connectivity index (χ1n) is 2.55. The van der Waals surface area contributed by atoms with Crippen molar-refractivity contribution in [3.63, 3.8) is 0 Å². The average molecular weight is 171 g/mol. The zero-order chi connectivity index (χ0) is 8.78. The van der Waals surface area contributed by atoms with Gasteiger partial charge in [0.1, 0.15) is 6.23 Å². The van der Waals surface area contributed by atoms with Crippen LogP contribution in [0.15, 0.2) is 0 Å². The molecule has 0 spiro atoms. The summed E-state index contributed by atoms with van der Waals surface area (Å²) in [5, 5.41) is 10.8. The summed E-state index contributed by atoms with van der Waals surface area (Å²) < 4.78 is 25.9. The number of nitrogens with one attached hydrogen (secondary N) is 1. The third-order valence-electron chi connectivity index (χ3n) is 0.418. The van der Waals surface area contributed by atoms with E-state index in [1.807, 2.05) is 0 Å². The van der Waals surface area contributed by atoms with Gasteiger partial charge in [-0.1, -0.05) is 0 Å². The lowest BCUT2D eigenvalue weighted by atomic mass is 10.7. The van der Waals surface area contributed by atoms with Gasteiger partial charge >= 0.3 is 0 Å². The molecule has 0 bridgehead atoms. The summed E-state index contributed by atoms with van der Waals surface area (Å²) in [7, 11) is -1.97. The predicted molar refractivity (Wildman–Crippen MR) is 38.2 cm³/mol. The number of hydrogen-bond acceptors (Lipinski definition) is 4. The van der Waals surface area contributed by atoms with E-state index in [0.717, 1.165) is 0 Å². The number of rotatable bonds is 1. The molecular weight excluding hydrogens is 158 g/mol. The fraction of sp³-hybridized carbons (Fsp3) is 1.00. The quantitative estimate of drug-likeness (QED) is 0.350. The van der Waals surface area contributed by atoms with Gasteiger partial charge in [0, 0.05) is 0 Å². The minimum absolute atomic E-state index is 0.366. The van der Waals surface area contributed by atoms with Gasteiger partial charge in [0.2, 0.25) is 0 Å². The van der Waals surface area contributed by atoms with E-state index in [1.54, 1.807) is 14.0 Å². The third kappa shape index (κ3) is 109. The smallest absolute Gasteiger partial charge is 0.261 e. The van der Waals surface area contributed by atoms with E-state index >= 15 is 0 Å². The number of aliphatic hydroxyl groups excluding tert-OH is 1. The van der Waals surface area contributed by atoms with Gasteiger partial charge in [-0.3, -0.25) is 9.87 Å². The van der Waals surface area contributed by atoms with E-state index in [1.165, 1.54) is 0 Å². The molecule has 5 nitrogen and oxygen atoms in total. The summed E-state index contributed by atoms with van der Waals surface area (Å²) in [5.74, 6) is 0. The zero-order valence-electron chi connectivity index (χ0n) is 6.20. The predicted octanol–water partition coefficient (Wildman–Crippen LogP) is -0.952. The molecule has 0 aromatic heterocycles. The van der Waals surface area contributed by atoms with Gasteiger partial charge in [-0.05, 0) is 14.0 Å². The van der Waals surface area contributed by atoms with Crippen LogP contribution in [-0.2, 0) is 10.1 Å². The Hall–Kier alpha value is -0.170. The van der Waals surface area contributed by atoms with Crippen LogP contribution >= 0.6 is 0 Å². The molecule has 0 amide bonds. The monoisotopic (exact) mass is 171 g/mol. The van der Waals surface area contributed by atoms with Crippen molar-refractivity contribution < 1.29 is 18.1 Å². The Morgan fingerprint density at radius 1 is 1.50 bits per heavy atom. The molecule has 0 heterocycles. The van der Waals surface area contributed by atoms with Gasteiger partial charge in [-0.25, -0.2) is 0 Å². The second kappa shape index (κ2) is 5.60. The van der Waals surface area contributed by atoms with Crippen molar-refractivity contribution in [1.82, 2.24) is 5.32 Å². The van der Waals surface area contributed by atoms with Crippen LogP contribution in [-0.4, -0.2) is 37.6 Å². The molecule has 6 heteroatoms. The second-order valence-electron chi connectivity index (χ2n) is 1.70. The maximum Gasteiger partial charge on any atom is 0.261 e. The summed E-state index contributed by atoms with van der Waals surface area (Å²) in [6.45, 7) is 1.67. The molecule has 0 aliphatic rings. The van der Waals surface area contributed by atoms with Crippen molar-refractivity contribution in [2.24, 2.45) is 0 Å². The Labute approximate surface area is 60.8 Å². The molecule has 0 radical (unpaired) electrons. The molecule has 0 saturated heterocycles. The molecule has 0 aromatic carbocycles. The topological polar surface area (TPSA) is 86.6 Å². The normalized spacial score (nSPS) is 13.3. The first-order valence-corrected chi connectivity index (χ1v) is 4.40. The van der Waals surface area contributed by atoms with Crippen LogP contribution in [0.2, 0.25) is 0 Å². The van der Waals surface area contributed by atoms with E-state index in [9.17, 15) is 8.42 Å². The summed E-state index contributed by atoms with van der Waals surface area (Å²) >= 11 is 0. The third-order valence-corrected chi connectivity index (χ3v) is 0.418. The highest BCUT2D eigenvalue weighted by atomic mass is 32.2. The summed E-state index contributed by atoms with van der Waals surface area (Å²) in [6.07, 6.45) is 0.350. The molecule has 1 atom stereocenters. The van der Waals surface area contributed by atoms with E-state index < -0.39 is 10.1 Å². The summed E-state index contributed by atoms with van der Waals surface area (Å²) in [4.78, 5) is 0. The molecule has 0 rings (SSSR count). The minimum Gasteiger partial charge on any atom is -0.379 e. The van der Waals surface area contributed by atoms with Crippen molar-refractivity contribution in [1.29, 1.82) is 0 Å². The molecular formula is C4H13NO4S. The Morgan fingerprint density at radius 2 is 1.60 bits per heavy atom. The highest BCUT2D eigenvalue weighted by molar-refractivity contribution is 7.85. The van der Waals surface area contributed by atoms with Crippen LogP contribution in [0, 0.1) is 0 Å². The molecule has 1 unspecified atom stereocenters. The van der Waals surface area contributed by atoms with Gasteiger partial charge in [-0.15, -0.1) is 0 Å². The van der Waals surface area contributed by atoms with Gasteiger partial charge in [0.05, 0.1) is 6.26 Å². The largest absolute Gasteiger partial charge is 0.379 e. The van der Waals surface area contributed by atoms with Crippen LogP contribution in [0.4, 0.5) is 0 Å². The van der Waals surface area contributed by atoms with Crippen molar-refractivity contribution in [3.05, 3.63) is 0 Å². The average Bonchev–Trinajstić information content (AvgIpc) is 1.61. The fourth-order valence-corrected chi connectivity index (χ4v) is 0. The maximum atomic E-state index is 9.19. The lowest BCUT2D eigenvalue weighted by molar-refractivity contribution is 0.167. The Bertz CT molecular complexity index is 143. The highest BCUT2D eigenvalue weighted by Gasteiger charge is 1.81. The molecule has 3 N–H and O–H groups in total. The first kappa shape index (κ1) is 12.5. The van der Waals surface area contributed by atoms with Crippen molar-refractivity contribution >= 4 is 10.1 Å². The maximum absolute atomic E-state index is 9.19. The van der Waals surface area contributed by atoms with Crippen LogP contribution in [0.3, 0.4) is 0 Å². The number of hydrogen-bond donors (Lipinski definition) is 3. The van der Waals surface area contributed by atoms with Crippen molar-refractivity contribution in [2.75, 3.05) is 13.3 Å². The molecule has 0 aliphatic heterocycles. The minimum atomic E-state index is -3.67. The van der Waals surface area contributed by atoms with Crippen LogP contribution in [0.5, 0.6) is 0 Å². The highest BCUT2D eigenvalue weighted by Crippen LogP contribution is 1.60. The van der Waals surface area contributed by atoms with Gasteiger partial charge < -0.3 is 5.11 Å². The standard InChI is InChI=1S/C3H9NO.CH4O3S/c1-3(5)4-2;1-5(2,3)4/h3-5H,1-2H3;1H3,(H,2,3,4). The molecule has 0 saturated carbocycles. The van der Waals surface area contributed by atoms with E-state index in [4.69, 9.17) is 9.66 Å². The molecule has 0 aromatic rings. The van der Waals surface area contributed by atoms with E-state index in [0.29, 0.717) is 6.26 Å². The summed E-state index contributed by atoms with van der Waals surface area (Å²) in [6, 6.07) is 0. The lowest BCUT2D eigenvalue weighted by Gasteiger charge is -1.94. The number of aliphatic hydroxyl groups is 1. The summed E-state index contributed by atoms with van der Waals surface area (Å²) in [5.41, 5.74) is 0. The van der Waals surface area contributed by atoms with Crippen LogP contribution in [0.1, 0.15) is 6.92 Å². The Balaban J connectivity index is 0. The van der Waals surface area contributed by atoms with Crippen LogP contribution in [0.25, 0.3) is 0 Å². The van der Waals surface area contributed by atoms with Gasteiger partial charge in [0.15, 0.2) is 0 Å². The van der Waals surface area contributed by atoms with Gasteiger partial charge in [0.25, 0.3) is 10.1 Å². The lowest BCUT2D eigenvalue weighted by Crippen LogP contribution is -2.19. The van der Waals surface area contributed by atoms with Crippen molar-refractivity contribution in [2.45, 2.75) is 13.2 Å². The fourth-order valence-electron chi connectivity index (χ4n) is 0. The molecule has 0 fully saturated rings. The van der Waals surface area contributed by atoms with Gasteiger partial charge in [-0.2, -0.15) is 8.42 Å².